The number of nitrogens with one attached hydrogen (secondary N) is 2. The summed E-state index contributed by atoms with van der Waals surface area (Å²) in [5, 5.41) is 13.3. The largest absolute Gasteiger partial charge is 0.493 e. The van der Waals surface area contributed by atoms with Gasteiger partial charge in [-0.05, 0) is 62.1 Å². The molecule has 1 saturated carbocycles. The van der Waals surface area contributed by atoms with Gasteiger partial charge < -0.3 is 15.2 Å². The first-order valence-electron chi connectivity index (χ1n) is 12.2. The minimum absolute atomic E-state index is 0.101. The fraction of sp³-hybridized carbons (Fsp3) is 0.286. The lowest BCUT2D eigenvalue weighted by molar-refractivity contribution is -0.138. The maximum atomic E-state index is 13.6. The average Bonchev–Trinajstić information content (AvgIpc) is 3.70. The van der Waals surface area contributed by atoms with E-state index in [2.05, 4.69) is 10.3 Å². The Kier molecular flexibility index (Phi) is 7.89. The number of hydrogen-bond acceptors (Lipinski definition) is 5. The van der Waals surface area contributed by atoms with E-state index in [1.54, 1.807) is 18.2 Å². The van der Waals surface area contributed by atoms with Crippen LogP contribution in [-0.4, -0.2) is 34.5 Å². The Labute approximate surface area is 222 Å². The molecule has 3 aromatic rings. The van der Waals surface area contributed by atoms with E-state index in [4.69, 9.17) is 9.84 Å². The number of carbonyl (C=O) groups excluding carboxylic acids is 2. The van der Waals surface area contributed by atoms with Crippen LogP contribution in [0.5, 0.6) is 5.75 Å². The van der Waals surface area contributed by atoms with E-state index in [1.165, 1.54) is 6.92 Å². The molecule has 0 bridgehead atoms. The van der Waals surface area contributed by atoms with Crippen molar-refractivity contribution in [3.8, 4) is 16.9 Å². The fourth-order valence-corrected chi connectivity index (χ4v) is 4.16. The van der Waals surface area contributed by atoms with E-state index in [9.17, 15) is 27.6 Å². The van der Waals surface area contributed by atoms with Crippen LogP contribution in [0.4, 0.5) is 29.3 Å². The summed E-state index contributed by atoms with van der Waals surface area (Å²) in [7, 11) is 0. The van der Waals surface area contributed by atoms with Crippen LogP contribution < -0.4 is 15.4 Å². The number of anilines is 2. The lowest BCUT2D eigenvalue weighted by Crippen LogP contribution is -2.20. The number of halogens is 3. The van der Waals surface area contributed by atoms with Crippen LogP contribution in [0.15, 0.2) is 48.5 Å². The number of pyridine rings is 1. The number of ether oxygens (including phenoxy) is 1. The monoisotopic (exact) mass is 541 g/mol. The van der Waals surface area contributed by atoms with Crippen LogP contribution in [0.3, 0.4) is 0 Å². The molecular formula is C28H26F3N3O5. The molecular weight excluding hydrogens is 515 g/mol. The van der Waals surface area contributed by atoms with Crippen molar-refractivity contribution in [2.24, 2.45) is 0 Å². The van der Waals surface area contributed by atoms with Crippen molar-refractivity contribution in [2.75, 3.05) is 17.2 Å². The molecule has 1 aromatic heterocycles. The Morgan fingerprint density at radius 3 is 2.38 bits per heavy atom. The zero-order valence-corrected chi connectivity index (χ0v) is 21.2. The van der Waals surface area contributed by atoms with E-state index in [0.717, 1.165) is 41.4 Å². The van der Waals surface area contributed by atoms with E-state index >= 15 is 0 Å². The van der Waals surface area contributed by atoms with Crippen molar-refractivity contribution in [1.29, 1.82) is 0 Å². The summed E-state index contributed by atoms with van der Waals surface area (Å²) in [6.45, 7) is 3.27. The molecule has 2 aromatic carbocycles. The minimum Gasteiger partial charge on any atom is -0.493 e. The zero-order chi connectivity index (χ0) is 28.3. The van der Waals surface area contributed by atoms with Crippen LogP contribution >= 0.6 is 0 Å². The van der Waals surface area contributed by atoms with E-state index in [0.29, 0.717) is 12.0 Å². The van der Waals surface area contributed by atoms with Crippen molar-refractivity contribution in [2.45, 2.75) is 45.2 Å². The number of carboxylic acid groups (broad SMARTS) is 1. The van der Waals surface area contributed by atoms with Gasteiger partial charge in [0.25, 0.3) is 0 Å². The second kappa shape index (κ2) is 11.1. The SMILES string of the molecule is CCOc1cc(NC(=O)O)c(NC(=O)CC(=O)c2cccc(-c3cc(C)nc(C4CC4)c3)c2)cc1C(F)(F)F. The average molecular weight is 542 g/mol. The third kappa shape index (κ3) is 6.92. The molecule has 1 aliphatic rings. The number of hydrogen-bond donors (Lipinski definition) is 3. The molecule has 8 nitrogen and oxygen atoms in total. The van der Waals surface area contributed by atoms with Crippen molar-refractivity contribution in [3.63, 3.8) is 0 Å². The predicted molar refractivity (Wildman–Crippen MR) is 138 cm³/mol. The number of nitrogens with zero attached hydrogens (tertiary/aromatic N) is 1. The molecule has 0 unspecified atom stereocenters. The molecule has 4 rings (SSSR count). The Morgan fingerprint density at radius 1 is 1.03 bits per heavy atom. The Balaban J connectivity index is 1.56. The molecule has 39 heavy (non-hydrogen) atoms. The van der Waals surface area contributed by atoms with E-state index in [-0.39, 0.29) is 17.9 Å². The molecule has 204 valence electrons. The number of alkyl halides is 3. The quantitative estimate of drug-likeness (QED) is 0.206. The van der Waals surface area contributed by atoms with E-state index < -0.39 is 47.4 Å². The van der Waals surface area contributed by atoms with E-state index in [1.807, 2.05) is 30.4 Å². The summed E-state index contributed by atoms with van der Waals surface area (Å²) >= 11 is 0. The number of rotatable bonds is 9. The number of aromatic nitrogens is 1. The number of benzene rings is 2. The Hall–Kier alpha value is -4.41. The molecule has 1 aliphatic carbocycles. The summed E-state index contributed by atoms with van der Waals surface area (Å²) in [6.07, 6.45) is -4.89. The maximum absolute atomic E-state index is 13.6. The minimum atomic E-state index is -4.84. The standard InChI is InChI=1S/C28H26F3N3O5/c1-3-39-25-13-23(34-27(37)38)22(12-20(25)28(29,30)31)33-26(36)14-24(35)18-6-4-5-17(10-18)19-9-15(2)32-21(11-19)16-7-8-16/h4-6,9-13,16,34H,3,7-8,14H2,1-2H3,(H,33,36)(H,37,38). The molecule has 1 fully saturated rings. The molecule has 3 N–H and O–H groups in total. The highest BCUT2D eigenvalue weighted by Crippen LogP contribution is 2.42. The van der Waals surface area contributed by atoms with Crippen LogP contribution in [0.25, 0.3) is 11.1 Å². The third-order valence-electron chi connectivity index (χ3n) is 6.05. The Bertz CT molecular complexity index is 1430. The normalized spacial score (nSPS) is 13.1. The molecule has 0 saturated heterocycles. The van der Waals surface area contributed by atoms with Gasteiger partial charge >= 0.3 is 12.3 Å². The second-order valence-electron chi connectivity index (χ2n) is 9.18. The second-order valence-corrected chi connectivity index (χ2v) is 9.18. The van der Waals surface area contributed by atoms with Gasteiger partial charge in [-0.15, -0.1) is 0 Å². The van der Waals surface area contributed by atoms with Crippen LogP contribution in [0, 0.1) is 6.92 Å². The van der Waals surface area contributed by atoms with Gasteiger partial charge in [-0.25, -0.2) is 4.79 Å². The summed E-state index contributed by atoms with van der Waals surface area (Å²) < 4.78 is 45.8. The van der Waals surface area contributed by atoms with Gasteiger partial charge in [-0.2, -0.15) is 13.2 Å². The maximum Gasteiger partial charge on any atom is 0.420 e. The van der Waals surface area contributed by atoms with Gasteiger partial charge in [0.05, 0.1) is 30.0 Å². The first kappa shape index (κ1) is 27.6. The number of amides is 2. The van der Waals surface area contributed by atoms with Crippen molar-refractivity contribution < 1.29 is 37.4 Å². The van der Waals surface area contributed by atoms with Gasteiger partial charge in [0.1, 0.15) is 5.75 Å². The summed E-state index contributed by atoms with van der Waals surface area (Å²) in [4.78, 5) is 41.4. The number of Topliss-reactive ketones (excluding diaryl/α,β-unsaturated/α-hetero) is 1. The number of carbonyl (C=O) groups is 3. The van der Waals surface area contributed by atoms with Crippen molar-refractivity contribution >= 4 is 29.2 Å². The van der Waals surface area contributed by atoms with Gasteiger partial charge in [-0.1, -0.05) is 18.2 Å². The highest BCUT2D eigenvalue weighted by molar-refractivity contribution is 6.12. The van der Waals surface area contributed by atoms with Gasteiger partial charge in [-0.3, -0.25) is 19.9 Å². The molecule has 0 aliphatic heterocycles. The molecule has 11 heteroatoms. The van der Waals surface area contributed by atoms with Gasteiger partial charge in [0.15, 0.2) is 5.78 Å². The smallest absolute Gasteiger partial charge is 0.420 e. The summed E-state index contributed by atoms with van der Waals surface area (Å²) in [5.74, 6) is -1.63. The first-order chi connectivity index (χ1) is 18.4. The molecule has 0 atom stereocenters. The van der Waals surface area contributed by atoms with Crippen LogP contribution in [0.2, 0.25) is 0 Å². The molecule has 0 spiro atoms. The zero-order valence-electron chi connectivity index (χ0n) is 21.2. The third-order valence-corrected chi connectivity index (χ3v) is 6.05. The van der Waals surface area contributed by atoms with Crippen LogP contribution in [-0.2, 0) is 11.0 Å². The lowest BCUT2D eigenvalue weighted by Gasteiger charge is -2.18. The van der Waals surface area contributed by atoms with Gasteiger partial charge in [0, 0.05) is 28.9 Å². The molecule has 0 radical (unpaired) electrons. The number of ketones is 1. The highest BCUT2D eigenvalue weighted by Gasteiger charge is 2.36. The summed E-state index contributed by atoms with van der Waals surface area (Å²) in [6, 6.07) is 12.0. The summed E-state index contributed by atoms with van der Waals surface area (Å²) in [5.41, 5.74) is 1.76. The molecule has 1 heterocycles. The number of aryl methyl sites for hydroxylation is 1. The van der Waals surface area contributed by atoms with Gasteiger partial charge in [0.2, 0.25) is 5.91 Å². The fourth-order valence-electron chi connectivity index (χ4n) is 4.16. The van der Waals surface area contributed by atoms with Crippen molar-refractivity contribution in [1.82, 2.24) is 4.98 Å². The van der Waals surface area contributed by atoms with Crippen LogP contribution in [0.1, 0.15) is 59.4 Å². The topological polar surface area (TPSA) is 118 Å². The highest BCUT2D eigenvalue weighted by atomic mass is 19.4. The van der Waals surface area contributed by atoms with Crippen molar-refractivity contribution in [3.05, 3.63) is 71.0 Å². The molecule has 2 amide bonds. The lowest BCUT2D eigenvalue weighted by atomic mass is 9.99. The first-order valence-corrected chi connectivity index (χ1v) is 12.2. The predicted octanol–water partition coefficient (Wildman–Crippen LogP) is 6.65. The Morgan fingerprint density at radius 2 is 1.74 bits per heavy atom.